The third kappa shape index (κ3) is 3.33. The van der Waals surface area contributed by atoms with Gasteiger partial charge in [-0.3, -0.25) is 4.79 Å². The second-order valence-electron chi connectivity index (χ2n) is 5.23. The third-order valence-electron chi connectivity index (χ3n) is 3.49. The molecule has 116 valence electrons. The van der Waals surface area contributed by atoms with E-state index in [1.165, 1.54) is 17.3 Å². The monoisotopic (exact) mass is 342 g/mol. The van der Waals surface area contributed by atoms with Crippen LogP contribution in [-0.2, 0) is 0 Å². The lowest BCUT2D eigenvalue weighted by atomic mass is 10.2. The van der Waals surface area contributed by atoms with Gasteiger partial charge in [0.15, 0.2) is 6.29 Å². The zero-order chi connectivity index (χ0) is 16.4. The Morgan fingerprint density at radius 3 is 2.30 bits per heavy atom. The summed E-state index contributed by atoms with van der Waals surface area (Å²) in [4.78, 5) is 12.5. The number of nitrogens with zero attached hydrogens (tertiary/aromatic N) is 2. The maximum Gasteiger partial charge on any atom is 0.154 e. The van der Waals surface area contributed by atoms with Gasteiger partial charge in [0, 0.05) is 9.92 Å². The lowest BCUT2D eigenvalue weighted by molar-refractivity contribution is 0.112. The maximum absolute atomic E-state index is 11.5. The highest BCUT2D eigenvalue weighted by Gasteiger charge is 2.17. The number of halogens is 1. The summed E-state index contributed by atoms with van der Waals surface area (Å²) in [5.74, 6) is 0. The molecule has 1 aromatic heterocycles. The van der Waals surface area contributed by atoms with Gasteiger partial charge in [0.05, 0.1) is 16.9 Å². The van der Waals surface area contributed by atoms with Crippen LogP contribution >= 0.6 is 23.4 Å². The molecule has 0 bridgehead atoms. The molecular weight excluding hydrogens is 328 g/mol. The highest BCUT2D eigenvalue weighted by atomic mass is 35.5. The van der Waals surface area contributed by atoms with Crippen LogP contribution in [0, 0.1) is 13.8 Å². The van der Waals surface area contributed by atoms with Crippen molar-refractivity contribution in [2.45, 2.75) is 23.8 Å². The molecule has 0 aliphatic carbocycles. The summed E-state index contributed by atoms with van der Waals surface area (Å²) in [6, 6.07) is 15.6. The molecule has 0 saturated carbocycles. The number of hydrogen-bond donors (Lipinski definition) is 0. The maximum atomic E-state index is 11.5. The van der Waals surface area contributed by atoms with Crippen LogP contribution in [0.2, 0.25) is 5.02 Å². The first kappa shape index (κ1) is 15.8. The van der Waals surface area contributed by atoms with Crippen LogP contribution in [0.1, 0.15) is 21.6 Å². The van der Waals surface area contributed by atoms with Crippen molar-refractivity contribution in [2.75, 3.05) is 0 Å². The smallest absolute Gasteiger partial charge is 0.154 e. The average molecular weight is 343 g/mol. The van der Waals surface area contributed by atoms with Crippen molar-refractivity contribution >= 4 is 29.6 Å². The number of hydrogen-bond acceptors (Lipinski definition) is 3. The predicted molar refractivity (Wildman–Crippen MR) is 94.0 cm³/mol. The van der Waals surface area contributed by atoms with E-state index in [-0.39, 0.29) is 0 Å². The van der Waals surface area contributed by atoms with Crippen molar-refractivity contribution in [1.82, 2.24) is 9.78 Å². The fraction of sp³-hybridized carbons (Fsp3) is 0.111. The zero-order valence-corrected chi connectivity index (χ0v) is 14.4. The minimum Gasteiger partial charge on any atom is -0.298 e. The summed E-state index contributed by atoms with van der Waals surface area (Å²) in [6.07, 6.45) is 0.866. The van der Waals surface area contributed by atoms with Gasteiger partial charge < -0.3 is 0 Å². The van der Waals surface area contributed by atoms with E-state index in [2.05, 4.69) is 5.10 Å². The molecule has 0 spiro atoms. The van der Waals surface area contributed by atoms with Crippen LogP contribution in [0.15, 0.2) is 58.5 Å². The molecule has 23 heavy (non-hydrogen) atoms. The molecule has 0 radical (unpaired) electrons. The Morgan fingerprint density at radius 2 is 1.70 bits per heavy atom. The SMILES string of the molecule is Cc1ccc(-n2nc(C)c(C=O)c2Sc2ccc(Cl)cc2)cc1. The number of aryl methyl sites for hydroxylation is 2. The van der Waals surface area contributed by atoms with Crippen LogP contribution in [0.25, 0.3) is 5.69 Å². The van der Waals surface area contributed by atoms with Crippen molar-refractivity contribution in [3.63, 3.8) is 0 Å². The Bertz CT molecular complexity index is 839. The molecule has 0 saturated heterocycles. The van der Waals surface area contributed by atoms with Crippen molar-refractivity contribution in [2.24, 2.45) is 0 Å². The van der Waals surface area contributed by atoms with Crippen LogP contribution in [0.5, 0.6) is 0 Å². The summed E-state index contributed by atoms with van der Waals surface area (Å²) in [5.41, 5.74) is 3.45. The molecule has 1 heterocycles. The fourth-order valence-corrected chi connectivity index (χ4v) is 3.39. The molecule has 5 heteroatoms. The minimum atomic E-state index is 0.616. The average Bonchev–Trinajstić information content (AvgIpc) is 2.86. The highest BCUT2D eigenvalue weighted by molar-refractivity contribution is 7.99. The third-order valence-corrected chi connectivity index (χ3v) is 4.83. The molecule has 0 fully saturated rings. The number of benzene rings is 2. The Kier molecular flexibility index (Phi) is 4.55. The molecule has 0 aliphatic heterocycles. The van der Waals surface area contributed by atoms with Gasteiger partial charge in [-0.1, -0.05) is 41.1 Å². The summed E-state index contributed by atoms with van der Waals surface area (Å²) in [6.45, 7) is 3.89. The van der Waals surface area contributed by atoms with Crippen molar-refractivity contribution < 1.29 is 4.79 Å². The number of aldehydes is 1. The molecular formula is C18H15ClN2OS. The molecule has 2 aromatic carbocycles. The Balaban J connectivity index is 2.08. The topological polar surface area (TPSA) is 34.9 Å². The van der Waals surface area contributed by atoms with Crippen molar-refractivity contribution in [3.05, 3.63) is 70.4 Å². The van der Waals surface area contributed by atoms with E-state index < -0.39 is 0 Å². The van der Waals surface area contributed by atoms with Gasteiger partial charge >= 0.3 is 0 Å². The van der Waals surface area contributed by atoms with E-state index in [9.17, 15) is 4.79 Å². The normalized spacial score (nSPS) is 10.7. The van der Waals surface area contributed by atoms with Crippen LogP contribution in [0.3, 0.4) is 0 Å². The van der Waals surface area contributed by atoms with E-state index in [0.29, 0.717) is 10.6 Å². The van der Waals surface area contributed by atoms with Gasteiger partial charge in [-0.2, -0.15) is 5.10 Å². The quantitative estimate of drug-likeness (QED) is 0.618. The van der Waals surface area contributed by atoms with E-state index >= 15 is 0 Å². The zero-order valence-electron chi connectivity index (χ0n) is 12.8. The lowest BCUT2D eigenvalue weighted by Crippen LogP contribution is -1.99. The molecule has 0 amide bonds. The molecule has 0 atom stereocenters. The summed E-state index contributed by atoms with van der Waals surface area (Å²) < 4.78 is 1.82. The van der Waals surface area contributed by atoms with Gasteiger partial charge in [0.1, 0.15) is 5.03 Å². The molecule has 0 N–H and O–H groups in total. The summed E-state index contributed by atoms with van der Waals surface area (Å²) in [5, 5.41) is 6.03. The number of carbonyl (C=O) groups is 1. The second-order valence-corrected chi connectivity index (χ2v) is 6.72. The molecule has 3 rings (SSSR count). The van der Waals surface area contributed by atoms with Gasteiger partial charge in [0.2, 0.25) is 0 Å². The second kappa shape index (κ2) is 6.60. The van der Waals surface area contributed by atoms with Gasteiger partial charge in [-0.05, 0) is 50.2 Å². The largest absolute Gasteiger partial charge is 0.298 e. The number of carbonyl (C=O) groups excluding carboxylic acids is 1. The summed E-state index contributed by atoms with van der Waals surface area (Å²) in [7, 11) is 0. The van der Waals surface area contributed by atoms with Gasteiger partial charge in [-0.25, -0.2) is 4.68 Å². The van der Waals surface area contributed by atoms with Crippen LogP contribution in [-0.4, -0.2) is 16.1 Å². The fourth-order valence-electron chi connectivity index (χ4n) is 2.23. The first-order valence-electron chi connectivity index (χ1n) is 7.14. The standard InChI is InChI=1S/C18H15ClN2OS/c1-12-3-7-15(8-4-12)21-18(17(11-22)13(2)20-21)23-16-9-5-14(19)6-10-16/h3-11H,1-2H3. The van der Waals surface area contributed by atoms with E-state index in [4.69, 9.17) is 11.6 Å². The number of aromatic nitrogens is 2. The van der Waals surface area contributed by atoms with Crippen molar-refractivity contribution in [3.8, 4) is 5.69 Å². The van der Waals surface area contributed by atoms with E-state index in [0.717, 1.165) is 27.6 Å². The first-order valence-corrected chi connectivity index (χ1v) is 8.33. The first-order chi connectivity index (χ1) is 11.1. The highest BCUT2D eigenvalue weighted by Crippen LogP contribution is 2.33. The Morgan fingerprint density at radius 1 is 1.04 bits per heavy atom. The molecule has 0 unspecified atom stereocenters. The van der Waals surface area contributed by atoms with Crippen LogP contribution in [0.4, 0.5) is 0 Å². The lowest BCUT2D eigenvalue weighted by Gasteiger charge is -2.08. The summed E-state index contributed by atoms with van der Waals surface area (Å²) >= 11 is 7.44. The molecule has 0 aliphatic rings. The van der Waals surface area contributed by atoms with E-state index in [1.807, 2.05) is 67.1 Å². The van der Waals surface area contributed by atoms with E-state index in [1.54, 1.807) is 0 Å². The number of rotatable bonds is 4. The Hall–Kier alpha value is -2.04. The Labute approximate surface area is 144 Å². The molecule has 3 nitrogen and oxygen atoms in total. The minimum absolute atomic E-state index is 0.616. The predicted octanol–water partition coefficient (Wildman–Crippen LogP) is 5.11. The van der Waals surface area contributed by atoms with Gasteiger partial charge in [-0.15, -0.1) is 0 Å². The molecule has 3 aromatic rings. The van der Waals surface area contributed by atoms with Crippen molar-refractivity contribution in [1.29, 1.82) is 0 Å². The van der Waals surface area contributed by atoms with Gasteiger partial charge in [0.25, 0.3) is 0 Å². The van der Waals surface area contributed by atoms with Crippen LogP contribution < -0.4 is 0 Å².